The molecule has 2 aromatic carbocycles. The van der Waals surface area contributed by atoms with Crippen molar-refractivity contribution in [2.24, 2.45) is 0 Å². The third-order valence-corrected chi connectivity index (χ3v) is 5.03. The third kappa shape index (κ3) is 4.24. The standard InChI is InChI=1S/C18H22N2OS/c21-18(19-9-12-20-10-3-4-11-20)14-22-17-8-7-15-5-1-2-6-16(15)13-17/h1-2,5-8,13H,3-4,9-12,14H2,(H,19,21). The molecular weight excluding hydrogens is 292 g/mol. The van der Waals surface area contributed by atoms with Crippen molar-refractivity contribution in [2.75, 3.05) is 31.9 Å². The van der Waals surface area contributed by atoms with Crippen molar-refractivity contribution in [3.05, 3.63) is 42.5 Å². The highest BCUT2D eigenvalue weighted by Gasteiger charge is 2.11. The summed E-state index contributed by atoms with van der Waals surface area (Å²) in [5.74, 6) is 0.607. The van der Waals surface area contributed by atoms with Crippen molar-refractivity contribution in [1.82, 2.24) is 10.2 Å². The number of fused-ring (bicyclic) bond motifs is 1. The van der Waals surface area contributed by atoms with E-state index in [0.717, 1.165) is 18.0 Å². The molecule has 0 spiro atoms. The average molecular weight is 314 g/mol. The Morgan fingerprint density at radius 3 is 2.68 bits per heavy atom. The van der Waals surface area contributed by atoms with Crippen LogP contribution < -0.4 is 5.32 Å². The fourth-order valence-electron chi connectivity index (χ4n) is 2.82. The lowest BCUT2D eigenvalue weighted by Gasteiger charge is -2.14. The largest absolute Gasteiger partial charge is 0.354 e. The minimum Gasteiger partial charge on any atom is -0.354 e. The fourth-order valence-corrected chi connectivity index (χ4v) is 3.59. The van der Waals surface area contributed by atoms with Gasteiger partial charge in [-0.05, 0) is 48.8 Å². The molecule has 1 aliphatic heterocycles. The Morgan fingerprint density at radius 2 is 1.86 bits per heavy atom. The Labute approximate surface area is 136 Å². The van der Waals surface area contributed by atoms with Crippen molar-refractivity contribution in [1.29, 1.82) is 0 Å². The lowest BCUT2D eigenvalue weighted by atomic mass is 10.1. The van der Waals surface area contributed by atoms with Gasteiger partial charge in [0.25, 0.3) is 0 Å². The summed E-state index contributed by atoms with van der Waals surface area (Å²) in [6, 6.07) is 14.7. The monoisotopic (exact) mass is 314 g/mol. The van der Waals surface area contributed by atoms with E-state index >= 15 is 0 Å². The quantitative estimate of drug-likeness (QED) is 0.831. The van der Waals surface area contributed by atoms with E-state index in [0.29, 0.717) is 5.75 Å². The molecule has 1 saturated heterocycles. The molecule has 0 saturated carbocycles. The molecule has 0 atom stereocenters. The number of nitrogens with one attached hydrogen (secondary N) is 1. The molecule has 1 aliphatic rings. The lowest BCUT2D eigenvalue weighted by molar-refractivity contribution is -0.118. The molecule has 116 valence electrons. The summed E-state index contributed by atoms with van der Waals surface area (Å²) in [6.45, 7) is 4.10. The number of thioether (sulfide) groups is 1. The van der Waals surface area contributed by atoms with E-state index < -0.39 is 0 Å². The van der Waals surface area contributed by atoms with E-state index in [1.807, 2.05) is 12.1 Å². The number of likely N-dealkylation sites (tertiary alicyclic amines) is 1. The molecule has 1 heterocycles. The Morgan fingerprint density at radius 1 is 1.09 bits per heavy atom. The zero-order valence-electron chi connectivity index (χ0n) is 12.8. The maximum atomic E-state index is 11.9. The summed E-state index contributed by atoms with van der Waals surface area (Å²) < 4.78 is 0. The highest BCUT2D eigenvalue weighted by Crippen LogP contribution is 2.23. The smallest absolute Gasteiger partial charge is 0.230 e. The number of carbonyl (C=O) groups is 1. The zero-order chi connectivity index (χ0) is 15.2. The fraction of sp³-hybridized carbons (Fsp3) is 0.389. The summed E-state index contributed by atoms with van der Waals surface area (Å²) in [5.41, 5.74) is 0. The summed E-state index contributed by atoms with van der Waals surface area (Å²) in [7, 11) is 0. The second kappa shape index (κ2) is 7.65. The molecule has 0 unspecified atom stereocenters. The minimum atomic E-state index is 0.123. The van der Waals surface area contributed by atoms with Crippen LogP contribution in [0.15, 0.2) is 47.4 Å². The van der Waals surface area contributed by atoms with Crippen LogP contribution in [-0.2, 0) is 4.79 Å². The number of rotatable bonds is 6. The summed E-state index contributed by atoms with van der Waals surface area (Å²) in [6.07, 6.45) is 2.59. The van der Waals surface area contributed by atoms with E-state index in [2.05, 4.69) is 40.5 Å². The first kappa shape index (κ1) is 15.4. The lowest BCUT2D eigenvalue weighted by Crippen LogP contribution is -2.34. The van der Waals surface area contributed by atoms with Crippen LogP contribution in [0.25, 0.3) is 10.8 Å². The van der Waals surface area contributed by atoms with Gasteiger partial charge in [0.05, 0.1) is 5.75 Å². The Kier molecular flexibility index (Phi) is 5.35. The van der Waals surface area contributed by atoms with Gasteiger partial charge in [-0.25, -0.2) is 0 Å². The molecule has 0 aromatic heterocycles. The van der Waals surface area contributed by atoms with Gasteiger partial charge in [0.2, 0.25) is 5.91 Å². The molecule has 1 N–H and O–H groups in total. The SMILES string of the molecule is O=C(CSc1ccc2ccccc2c1)NCCN1CCCC1. The highest BCUT2D eigenvalue weighted by molar-refractivity contribution is 8.00. The van der Waals surface area contributed by atoms with Gasteiger partial charge in [-0.3, -0.25) is 4.79 Å². The molecule has 4 heteroatoms. The van der Waals surface area contributed by atoms with E-state index in [1.54, 1.807) is 11.8 Å². The third-order valence-electron chi connectivity index (χ3n) is 4.04. The van der Waals surface area contributed by atoms with Gasteiger partial charge >= 0.3 is 0 Å². The molecule has 0 radical (unpaired) electrons. The number of carbonyl (C=O) groups excluding carboxylic acids is 1. The van der Waals surface area contributed by atoms with Gasteiger partial charge in [-0.1, -0.05) is 30.3 Å². The maximum Gasteiger partial charge on any atom is 0.230 e. The summed E-state index contributed by atoms with van der Waals surface area (Å²) in [4.78, 5) is 15.5. The number of nitrogens with zero attached hydrogens (tertiary/aromatic N) is 1. The van der Waals surface area contributed by atoms with Crippen molar-refractivity contribution >= 4 is 28.4 Å². The highest BCUT2D eigenvalue weighted by atomic mass is 32.2. The number of hydrogen-bond donors (Lipinski definition) is 1. The van der Waals surface area contributed by atoms with Gasteiger partial charge in [-0.15, -0.1) is 11.8 Å². The molecule has 1 amide bonds. The Hall–Kier alpha value is -1.52. The van der Waals surface area contributed by atoms with Gasteiger partial charge in [0.1, 0.15) is 0 Å². The molecule has 3 rings (SSSR count). The molecular formula is C18H22N2OS. The van der Waals surface area contributed by atoms with E-state index in [1.165, 1.54) is 36.7 Å². The first-order valence-corrected chi connectivity index (χ1v) is 8.90. The predicted octanol–water partition coefficient (Wildman–Crippen LogP) is 3.14. The average Bonchev–Trinajstić information content (AvgIpc) is 3.06. The maximum absolute atomic E-state index is 11.9. The van der Waals surface area contributed by atoms with Crippen LogP contribution in [0.3, 0.4) is 0 Å². The van der Waals surface area contributed by atoms with Crippen LogP contribution in [0, 0.1) is 0 Å². The van der Waals surface area contributed by atoms with Crippen LogP contribution in [-0.4, -0.2) is 42.7 Å². The Bertz CT molecular complexity index is 638. The zero-order valence-corrected chi connectivity index (χ0v) is 13.6. The Balaban J connectivity index is 1.43. The minimum absolute atomic E-state index is 0.123. The van der Waals surface area contributed by atoms with Crippen LogP contribution in [0.5, 0.6) is 0 Å². The summed E-state index contributed by atoms with van der Waals surface area (Å²) >= 11 is 1.60. The first-order chi connectivity index (χ1) is 10.8. The number of amides is 1. The summed E-state index contributed by atoms with van der Waals surface area (Å²) in [5, 5.41) is 5.48. The van der Waals surface area contributed by atoms with Gasteiger partial charge < -0.3 is 10.2 Å². The molecule has 1 fully saturated rings. The first-order valence-electron chi connectivity index (χ1n) is 7.92. The second-order valence-electron chi connectivity index (χ2n) is 5.70. The van der Waals surface area contributed by atoms with Crippen LogP contribution in [0.1, 0.15) is 12.8 Å². The van der Waals surface area contributed by atoms with E-state index in [-0.39, 0.29) is 5.91 Å². The van der Waals surface area contributed by atoms with Crippen LogP contribution >= 0.6 is 11.8 Å². The predicted molar refractivity (Wildman–Crippen MR) is 93.4 cm³/mol. The van der Waals surface area contributed by atoms with Crippen molar-refractivity contribution < 1.29 is 4.79 Å². The van der Waals surface area contributed by atoms with Crippen molar-refractivity contribution in [3.63, 3.8) is 0 Å². The molecule has 2 aromatic rings. The normalized spacial score (nSPS) is 15.3. The molecule has 0 aliphatic carbocycles. The van der Waals surface area contributed by atoms with Crippen LogP contribution in [0.4, 0.5) is 0 Å². The van der Waals surface area contributed by atoms with Gasteiger partial charge in [0, 0.05) is 18.0 Å². The second-order valence-corrected chi connectivity index (χ2v) is 6.75. The molecule has 3 nitrogen and oxygen atoms in total. The van der Waals surface area contributed by atoms with Crippen molar-refractivity contribution in [2.45, 2.75) is 17.7 Å². The number of benzene rings is 2. The van der Waals surface area contributed by atoms with Gasteiger partial charge in [-0.2, -0.15) is 0 Å². The van der Waals surface area contributed by atoms with E-state index in [4.69, 9.17) is 0 Å². The topological polar surface area (TPSA) is 32.3 Å². The number of hydrogen-bond acceptors (Lipinski definition) is 3. The molecule has 0 bridgehead atoms. The molecule has 22 heavy (non-hydrogen) atoms. The van der Waals surface area contributed by atoms with E-state index in [9.17, 15) is 4.79 Å². The van der Waals surface area contributed by atoms with Gasteiger partial charge in [0.15, 0.2) is 0 Å². The van der Waals surface area contributed by atoms with Crippen LogP contribution in [0.2, 0.25) is 0 Å². The van der Waals surface area contributed by atoms with Crippen molar-refractivity contribution in [3.8, 4) is 0 Å².